The summed E-state index contributed by atoms with van der Waals surface area (Å²) < 4.78 is 7.03. The van der Waals surface area contributed by atoms with E-state index in [9.17, 15) is 9.90 Å². The molecule has 2 aliphatic rings. The molecule has 0 bridgehead atoms. The van der Waals surface area contributed by atoms with E-state index in [1.54, 1.807) is 10.9 Å². The van der Waals surface area contributed by atoms with Crippen molar-refractivity contribution in [1.82, 2.24) is 20.3 Å². The highest BCUT2D eigenvalue weighted by molar-refractivity contribution is 5.94. The zero-order chi connectivity index (χ0) is 16.0. The van der Waals surface area contributed by atoms with Crippen LogP contribution in [-0.4, -0.2) is 38.1 Å². The van der Waals surface area contributed by atoms with Crippen LogP contribution in [0.3, 0.4) is 0 Å². The molecule has 0 aromatic carbocycles. The molecule has 0 unspecified atom stereocenters. The number of carbonyl (C=O) groups is 1. The number of nitrogens with one attached hydrogen (secondary N) is 1. The fourth-order valence-electron chi connectivity index (χ4n) is 3.51. The van der Waals surface area contributed by atoms with Crippen molar-refractivity contribution >= 4 is 5.91 Å². The van der Waals surface area contributed by atoms with Crippen LogP contribution in [0.1, 0.15) is 52.7 Å². The summed E-state index contributed by atoms with van der Waals surface area (Å²) in [4.78, 5) is 12.5. The highest BCUT2D eigenvalue weighted by Gasteiger charge is 2.43. The second kappa shape index (κ2) is 5.49. The van der Waals surface area contributed by atoms with Gasteiger partial charge in [0.2, 0.25) is 0 Å². The van der Waals surface area contributed by atoms with Crippen LogP contribution in [0.15, 0.2) is 16.9 Å². The Morgan fingerprint density at radius 2 is 2.26 bits per heavy atom. The van der Waals surface area contributed by atoms with E-state index in [2.05, 4.69) is 15.6 Å². The summed E-state index contributed by atoms with van der Waals surface area (Å²) in [5, 5.41) is 21.2. The number of aliphatic hydroxyl groups excluding tert-OH is 1. The van der Waals surface area contributed by atoms with Gasteiger partial charge < -0.3 is 14.9 Å². The molecule has 0 radical (unpaired) electrons. The largest absolute Gasteiger partial charge is 0.391 e. The lowest BCUT2D eigenvalue weighted by atomic mass is 9.82. The molecule has 7 heteroatoms. The van der Waals surface area contributed by atoms with E-state index in [1.165, 1.54) is 0 Å². The first-order valence-corrected chi connectivity index (χ1v) is 8.10. The quantitative estimate of drug-likeness (QED) is 0.886. The van der Waals surface area contributed by atoms with Gasteiger partial charge in [-0.05, 0) is 38.2 Å². The van der Waals surface area contributed by atoms with E-state index < -0.39 is 6.10 Å². The van der Waals surface area contributed by atoms with Crippen LogP contribution in [-0.2, 0) is 12.8 Å². The van der Waals surface area contributed by atoms with Crippen LogP contribution in [0.4, 0.5) is 0 Å². The number of fused-ring (bicyclic) bond motifs is 1. The Morgan fingerprint density at radius 3 is 3.00 bits per heavy atom. The molecular formula is C16H20N4O3. The maximum atomic E-state index is 12.5. The summed E-state index contributed by atoms with van der Waals surface area (Å²) in [6.45, 7) is 1.95. The van der Waals surface area contributed by atoms with E-state index in [1.807, 2.05) is 13.1 Å². The van der Waals surface area contributed by atoms with Crippen molar-refractivity contribution in [2.75, 3.05) is 0 Å². The summed E-state index contributed by atoms with van der Waals surface area (Å²) in [5.41, 5.74) is 2.37. The van der Waals surface area contributed by atoms with Crippen molar-refractivity contribution in [3.05, 3.63) is 35.0 Å². The number of aryl methyl sites for hydroxylation is 2. The summed E-state index contributed by atoms with van der Waals surface area (Å²) in [7, 11) is 0. The van der Waals surface area contributed by atoms with Gasteiger partial charge in [-0.3, -0.25) is 9.48 Å². The highest BCUT2D eigenvalue weighted by atomic mass is 16.5. The number of rotatable bonds is 3. The molecule has 122 valence electrons. The first kappa shape index (κ1) is 14.4. The third-order valence-electron chi connectivity index (χ3n) is 4.82. The minimum atomic E-state index is -0.495. The minimum absolute atomic E-state index is 0.146. The van der Waals surface area contributed by atoms with Crippen LogP contribution >= 0.6 is 0 Å². The highest BCUT2D eigenvalue weighted by Crippen LogP contribution is 2.33. The molecule has 2 aromatic heterocycles. The maximum absolute atomic E-state index is 12.5. The Bertz CT molecular complexity index is 736. The van der Waals surface area contributed by atoms with E-state index in [0.29, 0.717) is 12.1 Å². The zero-order valence-electron chi connectivity index (χ0n) is 13.0. The van der Waals surface area contributed by atoms with Crippen molar-refractivity contribution in [3.8, 4) is 0 Å². The molecule has 2 aliphatic carbocycles. The van der Waals surface area contributed by atoms with Gasteiger partial charge in [-0.2, -0.15) is 5.10 Å². The predicted octanol–water partition coefficient (Wildman–Crippen LogP) is 1.16. The molecule has 2 aromatic rings. The average molecular weight is 316 g/mol. The molecule has 23 heavy (non-hydrogen) atoms. The smallest absolute Gasteiger partial charge is 0.274 e. The van der Waals surface area contributed by atoms with Gasteiger partial charge in [-0.15, -0.1) is 0 Å². The lowest BCUT2D eigenvalue weighted by molar-refractivity contribution is -0.00602. The third kappa shape index (κ3) is 2.45. The molecule has 1 fully saturated rings. The van der Waals surface area contributed by atoms with Gasteiger partial charge in [-0.1, -0.05) is 5.16 Å². The van der Waals surface area contributed by atoms with Crippen molar-refractivity contribution in [2.24, 2.45) is 0 Å². The Kier molecular flexibility index (Phi) is 3.45. The molecule has 0 aliphatic heterocycles. The zero-order valence-corrected chi connectivity index (χ0v) is 13.0. The second-order valence-corrected chi connectivity index (χ2v) is 6.51. The molecular weight excluding hydrogens is 296 g/mol. The van der Waals surface area contributed by atoms with Crippen LogP contribution in [0.2, 0.25) is 0 Å². The van der Waals surface area contributed by atoms with Gasteiger partial charge in [0, 0.05) is 18.2 Å². The summed E-state index contributed by atoms with van der Waals surface area (Å²) in [6, 6.07) is -0.372. The van der Waals surface area contributed by atoms with Gasteiger partial charge >= 0.3 is 0 Å². The molecule has 1 amide bonds. The molecule has 1 saturated carbocycles. The van der Waals surface area contributed by atoms with Gasteiger partial charge in [0.15, 0.2) is 5.69 Å². The van der Waals surface area contributed by atoms with Crippen LogP contribution in [0.5, 0.6) is 0 Å². The number of amides is 1. The number of aliphatic hydroxyl groups is 1. The molecule has 0 saturated heterocycles. The van der Waals surface area contributed by atoms with Gasteiger partial charge in [0.25, 0.3) is 5.91 Å². The third-order valence-corrected chi connectivity index (χ3v) is 4.82. The lowest BCUT2D eigenvalue weighted by Gasteiger charge is -2.41. The second-order valence-electron chi connectivity index (χ2n) is 6.51. The van der Waals surface area contributed by atoms with E-state index in [0.717, 1.165) is 42.6 Å². The Labute approximate surface area is 133 Å². The van der Waals surface area contributed by atoms with Crippen LogP contribution in [0.25, 0.3) is 0 Å². The number of hydrogen-bond donors (Lipinski definition) is 2. The fraction of sp³-hybridized carbons (Fsp3) is 0.562. The Morgan fingerprint density at radius 1 is 1.43 bits per heavy atom. The van der Waals surface area contributed by atoms with Crippen molar-refractivity contribution in [3.63, 3.8) is 0 Å². The van der Waals surface area contributed by atoms with Gasteiger partial charge in [-0.25, -0.2) is 0 Å². The molecule has 3 atom stereocenters. The predicted molar refractivity (Wildman–Crippen MR) is 81.0 cm³/mol. The number of aromatic nitrogens is 3. The SMILES string of the molecule is Cc1cnn([C@H]2[C@H](O)C[C@@H]2NC(=O)c2noc3c2CCCC3)c1. The van der Waals surface area contributed by atoms with Gasteiger partial charge in [0.05, 0.1) is 24.4 Å². The maximum Gasteiger partial charge on any atom is 0.274 e. The molecule has 7 nitrogen and oxygen atoms in total. The summed E-state index contributed by atoms with van der Waals surface area (Å²) >= 11 is 0. The van der Waals surface area contributed by atoms with Crippen molar-refractivity contribution < 1.29 is 14.4 Å². The van der Waals surface area contributed by atoms with E-state index in [-0.39, 0.29) is 18.0 Å². The van der Waals surface area contributed by atoms with Crippen molar-refractivity contribution in [1.29, 1.82) is 0 Å². The lowest BCUT2D eigenvalue weighted by Crippen LogP contribution is -2.56. The number of hydrogen-bond acceptors (Lipinski definition) is 5. The molecule has 2 N–H and O–H groups in total. The molecule has 2 heterocycles. The van der Waals surface area contributed by atoms with Crippen LogP contribution < -0.4 is 5.32 Å². The van der Waals surface area contributed by atoms with Crippen molar-refractivity contribution in [2.45, 2.75) is 57.2 Å². The Balaban J connectivity index is 1.49. The Hall–Kier alpha value is -2.15. The molecule has 0 spiro atoms. The van der Waals surface area contributed by atoms with E-state index in [4.69, 9.17) is 4.52 Å². The summed E-state index contributed by atoms with van der Waals surface area (Å²) in [5.74, 6) is 0.622. The molecule has 4 rings (SSSR count). The van der Waals surface area contributed by atoms with Gasteiger partial charge in [0.1, 0.15) is 5.76 Å². The first-order valence-electron chi connectivity index (χ1n) is 8.10. The summed E-state index contributed by atoms with van der Waals surface area (Å²) in [6.07, 6.45) is 7.50. The number of nitrogens with zero attached hydrogens (tertiary/aromatic N) is 3. The topological polar surface area (TPSA) is 93.2 Å². The normalized spacial score (nSPS) is 26.4. The van der Waals surface area contributed by atoms with Crippen LogP contribution in [0, 0.1) is 6.92 Å². The first-order chi connectivity index (χ1) is 11.1. The monoisotopic (exact) mass is 316 g/mol. The average Bonchev–Trinajstić information content (AvgIpc) is 3.13. The minimum Gasteiger partial charge on any atom is -0.391 e. The fourth-order valence-corrected chi connectivity index (χ4v) is 3.51. The van der Waals surface area contributed by atoms with E-state index >= 15 is 0 Å². The standard InChI is InChI=1S/C16H20N4O3/c1-9-7-17-20(8-9)15-11(6-12(15)21)18-16(22)14-10-4-2-3-5-13(10)23-19-14/h7-8,11-12,15,21H,2-6H2,1H3,(H,18,22)/t11-,12+,15+/m0/s1. The number of carbonyl (C=O) groups excluding carboxylic acids is 1.